The Morgan fingerprint density at radius 2 is 1.94 bits per heavy atom. The van der Waals surface area contributed by atoms with Crippen molar-refractivity contribution in [1.82, 2.24) is 15.5 Å². The summed E-state index contributed by atoms with van der Waals surface area (Å²) >= 11 is 0. The standard InChI is InChI=1S/C14H27N3O/c1-2-11-17(12-6-9-15-10-7-12)13-5-3-4-8-16-14(13)18/h12-13,15H,2-11H2,1H3,(H,16,18). The summed E-state index contributed by atoms with van der Waals surface area (Å²) in [4.78, 5) is 14.7. The van der Waals surface area contributed by atoms with Gasteiger partial charge in [-0.1, -0.05) is 6.92 Å². The third-order valence-corrected chi connectivity index (χ3v) is 4.17. The van der Waals surface area contributed by atoms with Gasteiger partial charge < -0.3 is 10.6 Å². The zero-order valence-electron chi connectivity index (χ0n) is 11.6. The molecule has 0 saturated carbocycles. The number of nitrogens with one attached hydrogen (secondary N) is 2. The Balaban J connectivity index is 2.03. The largest absolute Gasteiger partial charge is 0.355 e. The number of carbonyl (C=O) groups excluding carboxylic acids is 1. The second-order valence-corrected chi connectivity index (χ2v) is 5.52. The lowest BCUT2D eigenvalue weighted by Crippen LogP contribution is -2.53. The first-order valence-corrected chi connectivity index (χ1v) is 7.57. The summed E-state index contributed by atoms with van der Waals surface area (Å²) in [5, 5.41) is 6.49. The summed E-state index contributed by atoms with van der Waals surface area (Å²) in [6.45, 7) is 6.32. The van der Waals surface area contributed by atoms with Gasteiger partial charge in [-0.25, -0.2) is 0 Å². The Morgan fingerprint density at radius 3 is 2.67 bits per heavy atom. The van der Waals surface area contributed by atoms with E-state index in [1.165, 1.54) is 19.3 Å². The predicted molar refractivity (Wildman–Crippen MR) is 73.5 cm³/mol. The van der Waals surface area contributed by atoms with Crippen LogP contribution in [0.3, 0.4) is 0 Å². The second kappa shape index (κ2) is 7.10. The Hall–Kier alpha value is -0.610. The topological polar surface area (TPSA) is 44.4 Å². The summed E-state index contributed by atoms with van der Waals surface area (Å²) in [7, 11) is 0. The van der Waals surface area contributed by atoms with Crippen LogP contribution in [0.15, 0.2) is 0 Å². The number of carbonyl (C=O) groups is 1. The molecule has 2 aliphatic rings. The van der Waals surface area contributed by atoms with Gasteiger partial charge >= 0.3 is 0 Å². The van der Waals surface area contributed by atoms with E-state index in [4.69, 9.17) is 0 Å². The number of amides is 1. The van der Waals surface area contributed by atoms with Gasteiger partial charge in [0.1, 0.15) is 0 Å². The molecule has 104 valence electrons. The normalized spacial score (nSPS) is 27.0. The van der Waals surface area contributed by atoms with Crippen LogP contribution in [-0.4, -0.2) is 49.1 Å². The maximum absolute atomic E-state index is 12.2. The van der Waals surface area contributed by atoms with E-state index >= 15 is 0 Å². The van der Waals surface area contributed by atoms with E-state index in [1.54, 1.807) is 0 Å². The monoisotopic (exact) mass is 253 g/mol. The van der Waals surface area contributed by atoms with Crippen molar-refractivity contribution in [3.05, 3.63) is 0 Å². The molecular weight excluding hydrogens is 226 g/mol. The van der Waals surface area contributed by atoms with Crippen LogP contribution in [0.2, 0.25) is 0 Å². The lowest BCUT2D eigenvalue weighted by atomic mass is 9.99. The van der Waals surface area contributed by atoms with Crippen LogP contribution < -0.4 is 10.6 Å². The average Bonchev–Trinajstić information content (AvgIpc) is 2.62. The highest BCUT2D eigenvalue weighted by Gasteiger charge is 2.32. The first-order valence-electron chi connectivity index (χ1n) is 7.57. The van der Waals surface area contributed by atoms with E-state index < -0.39 is 0 Å². The van der Waals surface area contributed by atoms with Gasteiger partial charge in [0.15, 0.2) is 0 Å². The van der Waals surface area contributed by atoms with E-state index in [2.05, 4.69) is 22.5 Å². The van der Waals surface area contributed by atoms with Crippen LogP contribution in [0.1, 0.15) is 45.4 Å². The predicted octanol–water partition coefficient (Wildman–Crippen LogP) is 1.12. The molecular formula is C14H27N3O. The van der Waals surface area contributed by atoms with Crippen molar-refractivity contribution in [2.75, 3.05) is 26.2 Å². The highest BCUT2D eigenvalue weighted by atomic mass is 16.2. The van der Waals surface area contributed by atoms with Crippen molar-refractivity contribution >= 4 is 5.91 Å². The molecule has 0 aliphatic carbocycles. The zero-order chi connectivity index (χ0) is 12.8. The number of nitrogens with zero attached hydrogens (tertiary/aromatic N) is 1. The van der Waals surface area contributed by atoms with Crippen molar-refractivity contribution in [3.8, 4) is 0 Å². The third kappa shape index (κ3) is 3.45. The second-order valence-electron chi connectivity index (χ2n) is 5.52. The highest BCUT2D eigenvalue weighted by Crippen LogP contribution is 2.20. The molecule has 2 aliphatic heterocycles. The van der Waals surface area contributed by atoms with Gasteiger partial charge in [0.05, 0.1) is 6.04 Å². The summed E-state index contributed by atoms with van der Waals surface area (Å²) < 4.78 is 0. The minimum atomic E-state index is 0.121. The molecule has 2 heterocycles. The Bertz CT molecular complexity index is 264. The number of hydrogen-bond donors (Lipinski definition) is 2. The molecule has 1 atom stereocenters. The zero-order valence-corrected chi connectivity index (χ0v) is 11.6. The van der Waals surface area contributed by atoms with Crippen LogP contribution in [-0.2, 0) is 4.79 Å². The molecule has 0 aromatic heterocycles. The van der Waals surface area contributed by atoms with Gasteiger partial charge in [-0.15, -0.1) is 0 Å². The van der Waals surface area contributed by atoms with Gasteiger partial charge in [-0.2, -0.15) is 0 Å². The lowest BCUT2D eigenvalue weighted by Gasteiger charge is -2.39. The Kier molecular flexibility index (Phi) is 5.45. The minimum Gasteiger partial charge on any atom is -0.355 e. The van der Waals surface area contributed by atoms with E-state index in [9.17, 15) is 4.79 Å². The van der Waals surface area contributed by atoms with Crippen molar-refractivity contribution < 1.29 is 4.79 Å². The van der Waals surface area contributed by atoms with Crippen molar-refractivity contribution in [3.63, 3.8) is 0 Å². The molecule has 4 heteroatoms. The van der Waals surface area contributed by atoms with E-state index in [0.717, 1.165) is 45.4 Å². The van der Waals surface area contributed by atoms with E-state index in [1.807, 2.05) is 0 Å². The summed E-state index contributed by atoms with van der Waals surface area (Å²) in [5.41, 5.74) is 0. The first-order chi connectivity index (χ1) is 8.83. The summed E-state index contributed by atoms with van der Waals surface area (Å²) in [6, 6.07) is 0.718. The van der Waals surface area contributed by atoms with Gasteiger partial charge in [-0.05, 0) is 58.2 Å². The van der Waals surface area contributed by atoms with E-state index in [0.29, 0.717) is 6.04 Å². The molecule has 0 aromatic carbocycles. The molecule has 2 N–H and O–H groups in total. The summed E-state index contributed by atoms with van der Waals surface area (Å²) in [5.74, 6) is 0.263. The number of rotatable bonds is 4. The molecule has 0 spiro atoms. The molecule has 1 unspecified atom stereocenters. The summed E-state index contributed by atoms with van der Waals surface area (Å²) in [6.07, 6.45) is 6.85. The fraction of sp³-hybridized carbons (Fsp3) is 0.929. The molecule has 0 radical (unpaired) electrons. The van der Waals surface area contributed by atoms with Gasteiger partial charge in [0.2, 0.25) is 5.91 Å². The molecule has 0 aromatic rings. The average molecular weight is 253 g/mol. The van der Waals surface area contributed by atoms with Gasteiger partial charge in [0, 0.05) is 12.6 Å². The number of hydrogen-bond acceptors (Lipinski definition) is 3. The van der Waals surface area contributed by atoms with Crippen molar-refractivity contribution in [1.29, 1.82) is 0 Å². The SMILES string of the molecule is CCCN(C1CCNCC1)C1CCCCNC1=O. The first kappa shape index (κ1) is 13.8. The molecule has 1 amide bonds. The molecule has 18 heavy (non-hydrogen) atoms. The molecule has 2 rings (SSSR count). The minimum absolute atomic E-state index is 0.121. The molecule has 4 nitrogen and oxygen atoms in total. The number of piperidine rings is 1. The quantitative estimate of drug-likeness (QED) is 0.789. The van der Waals surface area contributed by atoms with Crippen molar-refractivity contribution in [2.24, 2.45) is 0 Å². The van der Waals surface area contributed by atoms with Gasteiger partial charge in [0.25, 0.3) is 0 Å². The van der Waals surface area contributed by atoms with Crippen LogP contribution in [0.25, 0.3) is 0 Å². The highest BCUT2D eigenvalue weighted by molar-refractivity contribution is 5.82. The van der Waals surface area contributed by atoms with Crippen LogP contribution in [0.4, 0.5) is 0 Å². The van der Waals surface area contributed by atoms with Crippen molar-refractivity contribution in [2.45, 2.75) is 57.5 Å². The smallest absolute Gasteiger partial charge is 0.237 e. The molecule has 2 saturated heterocycles. The van der Waals surface area contributed by atoms with Crippen LogP contribution >= 0.6 is 0 Å². The fourth-order valence-corrected chi connectivity index (χ4v) is 3.23. The molecule has 0 bridgehead atoms. The lowest BCUT2D eigenvalue weighted by molar-refractivity contribution is -0.127. The fourth-order valence-electron chi connectivity index (χ4n) is 3.23. The Morgan fingerprint density at radius 1 is 1.17 bits per heavy atom. The van der Waals surface area contributed by atoms with Gasteiger partial charge in [-0.3, -0.25) is 9.69 Å². The maximum atomic E-state index is 12.2. The Labute approximate surface area is 110 Å². The van der Waals surface area contributed by atoms with Crippen LogP contribution in [0, 0.1) is 0 Å². The van der Waals surface area contributed by atoms with E-state index in [-0.39, 0.29) is 11.9 Å². The third-order valence-electron chi connectivity index (χ3n) is 4.17. The van der Waals surface area contributed by atoms with Crippen LogP contribution in [0.5, 0.6) is 0 Å². The maximum Gasteiger partial charge on any atom is 0.237 e. The molecule has 2 fully saturated rings.